The number of ether oxygens (including phenoxy) is 2. The van der Waals surface area contributed by atoms with Crippen LogP contribution in [0.15, 0.2) is 54.9 Å². The van der Waals surface area contributed by atoms with Gasteiger partial charge in [-0.2, -0.15) is 4.57 Å². The van der Waals surface area contributed by atoms with E-state index in [4.69, 9.17) is 9.47 Å². The van der Waals surface area contributed by atoms with Gasteiger partial charge in [0.25, 0.3) is 0 Å². The Morgan fingerprint density at radius 3 is 2.33 bits per heavy atom. The van der Waals surface area contributed by atoms with Crippen LogP contribution in [0, 0.1) is 0 Å². The van der Waals surface area contributed by atoms with Crippen molar-refractivity contribution in [1.29, 1.82) is 0 Å². The molecular formula is C17H19ClN2O4. The number of hydrogen-bond donors (Lipinski definition) is 0. The average molecular weight is 351 g/mol. The fourth-order valence-electron chi connectivity index (χ4n) is 1.94. The summed E-state index contributed by atoms with van der Waals surface area (Å²) in [4.78, 5) is 24.4. The van der Waals surface area contributed by atoms with E-state index in [-0.39, 0.29) is 12.4 Å². The van der Waals surface area contributed by atoms with Crippen molar-refractivity contribution in [3.05, 3.63) is 60.4 Å². The zero-order valence-electron chi connectivity index (χ0n) is 13.7. The SMILES string of the molecule is CC(=O)OC(c1ccccc1)[n+]1cccc(OC(=O)N(C)C)c1.[Cl-]. The molecule has 2 rings (SSSR count). The molecule has 0 N–H and O–H groups in total. The topological polar surface area (TPSA) is 59.7 Å². The second-order valence-electron chi connectivity index (χ2n) is 5.12. The first-order valence-electron chi connectivity index (χ1n) is 7.09. The summed E-state index contributed by atoms with van der Waals surface area (Å²) in [7, 11) is 3.20. The first-order valence-corrected chi connectivity index (χ1v) is 7.09. The van der Waals surface area contributed by atoms with Crippen LogP contribution in [0.25, 0.3) is 0 Å². The van der Waals surface area contributed by atoms with Gasteiger partial charge in [0, 0.05) is 27.1 Å². The zero-order chi connectivity index (χ0) is 16.8. The van der Waals surface area contributed by atoms with Gasteiger partial charge in [0.15, 0.2) is 11.9 Å². The van der Waals surface area contributed by atoms with E-state index in [1.165, 1.54) is 11.8 Å². The number of amides is 1. The van der Waals surface area contributed by atoms with Crippen LogP contribution in [0.5, 0.6) is 5.75 Å². The normalized spacial score (nSPS) is 11.0. The molecule has 0 spiro atoms. The Kier molecular flexibility index (Phi) is 7.20. The van der Waals surface area contributed by atoms with Gasteiger partial charge < -0.3 is 26.8 Å². The molecule has 1 atom stereocenters. The second kappa shape index (κ2) is 8.88. The van der Waals surface area contributed by atoms with Gasteiger partial charge in [-0.15, -0.1) is 0 Å². The summed E-state index contributed by atoms with van der Waals surface area (Å²) in [6.45, 7) is 1.35. The van der Waals surface area contributed by atoms with E-state index in [2.05, 4.69) is 0 Å². The standard InChI is InChI=1S/C17H19N2O4.ClH/c1-13(20)22-16(14-8-5-4-6-9-14)19-11-7-10-15(12-19)23-17(21)18(2)3;/h4-12,16H,1-3H3;1H/q+1;/p-1. The Bertz CT molecular complexity index is 692. The van der Waals surface area contributed by atoms with E-state index in [1.807, 2.05) is 30.3 Å². The third kappa shape index (κ3) is 5.24. The highest BCUT2D eigenvalue weighted by molar-refractivity contribution is 5.69. The van der Waals surface area contributed by atoms with Gasteiger partial charge in [0.1, 0.15) is 0 Å². The summed E-state index contributed by atoms with van der Waals surface area (Å²) in [5.41, 5.74) is 0.809. The van der Waals surface area contributed by atoms with Crippen LogP contribution >= 0.6 is 0 Å². The molecule has 128 valence electrons. The van der Waals surface area contributed by atoms with Gasteiger partial charge in [-0.05, 0) is 18.2 Å². The van der Waals surface area contributed by atoms with Gasteiger partial charge in [0.05, 0.1) is 5.56 Å². The number of carbonyl (C=O) groups is 2. The van der Waals surface area contributed by atoms with Crippen LogP contribution in [-0.2, 0) is 9.53 Å². The Labute approximate surface area is 147 Å². The van der Waals surface area contributed by atoms with Gasteiger partial charge in [-0.3, -0.25) is 4.79 Å². The summed E-state index contributed by atoms with van der Waals surface area (Å²) in [5, 5.41) is 0. The van der Waals surface area contributed by atoms with Crippen LogP contribution in [0.2, 0.25) is 0 Å². The number of rotatable bonds is 4. The Morgan fingerprint density at radius 1 is 1.08 bits per heavy atom. The lowest BCUT2D eigenvalue weighted by molar-refractivity contribution is -0.746. The van der Waals surface area contributed by atoms with E-state index in [1.54, 1.807) is 43.2 Å². The summed E-state index contributed by atoms with van der Waals surface area (Å²) in [6.07, 6.45) is 2.24. The Balaban J connectivity index is 0.00000288. The molecule has 1 unspecified atom stereocenters. The predicted molar refractivity (Wildman–Crippen MR) is 82.7 cm³/mol. The summed E-state index contributed by atoms with van der Waals surface area (Å²) in [6, 6.07) is 12.7. The van der Waals surface area contributed by atoms with Crippen molar-refractivity contribution < 1.29 is 36.0 Å². The summed E-state index contributed by atoms with van der Waals surface area (Å²) < 4.78 is 12.3. The molecular weight excluding hydrogens is 332 g/mol. The lowest BCUT2D eigenvalue weighted by atomic mass is 10.2. The van der Waals surface area contributed by atoms with Gasteiger partial charge >= 0.3 is 18.3 Å². The molecule has 1 aromatic heterocycles. The molecule has 0 radical (unpaired) electrons. The molecule has 0 saturated heterocycles. The van der Waals surface area contributed by atoms with E-state index in [0.29, 0.717) is 5.75 Å². The molecule has 0 bridgehead atoms. The minimum absolute atomic E-state index is 0. The minimum Gasteiger partial charge on any atom is -1.00 e. The maximum atomic E-state index is 11.7. The monoisotopic (exact) mass is 350 g/mol. The van der Waals surface area contributed by atoms with Crippen LogP contribution in [0.1, 0.15) is 18.7 Å². The first kappa shape index (κ1) is 19.4. The lowest BCUT2D eigenvalue weighted by Crippen LogP contribution is -3.00. The molecule has 24 heavy (non-hydrogen) atoms. The number of carbonyl (C=O) groups excluding carboxylic acids is 2. The highest BCUT2D eigenvalue weighted by atomic mass is 35.5. The van der Waals surface area contributed by atoms with Crippen molar-refractivity contribution in [2.24, 2.45) is 0 Å². The van der Waals surface area contributed by atoms with Crippen LogP contribution in [0.3, 0.4) is 0 Å². The van der Waals surface area contributed by atoms with E-state index in [0.717, 1.165) is 5.56 Å². The molecule has 2 aromatic rings. The quantitative estimate of drug-likeness (QED) is 0.532. The Morgan fingerprint density at radius 2 is 1.75 bits per heavy atom. The molecule has 1 amide bonds. The van der Waals surface area contributed by atoms with Crippen molar-refractivity contribution in [2.45, 2.75) is 13.2 Å². The highest BCUT2D eigenvalue weighted by Crippen LogP contribution is 2.16. The number of aromatic nitrogens is 1. The molecule has 0 aliphatic heterocycles. The van der Waals surface area contributed by atoms with Crippen LogP contribution < -0.4 is 21.7 Å². The van der Waals surface area contributed by atoms with Crippen molar-refractivity contribution in [3.63, 3.8) is 0 Å². The second-order valence-corrected chi connectivity index (χ2v) is 5.12. The fraction of sp³-hybridized carbons (Fsp3) is 0.235. The minimum atomic E-state index is -0.633. The molecule has 1 heterocycles. The van der Waals surface area contributed by atoms with Crippen molar-refractivity contribution in [1.82, 2.24) is 4.90 Å². The van der Waals surface area contributed by atoms with E-state index >= 15 is 0 Å². The number of esters is 1. The summed E-state index contributed by atoms with van der Waals surface area (Å²) >= 11 is 0. The van der Waals surface area contributed by atoms with Gasteiger partial charge in [-0.1, -0.05) is 18.2 Å². The number of pyridine rings is 1. The van der Waals surface area contributed by atoms with Crippen molar-refractivity contribution >= 4 is 12.1 Å². The van der Waals surface area contributed by atoms with Crippen molar-refractivity contribution in [2.75, 3.05) is 14.1 Å². The molecule has 7 heteroatoms. The molecule has 0 aliphatic carbocycles. The molecule has 0 fully saturated rings. The van der Waals surface area contributed by atoms with Crippen molar-refractivity contribution in [3.8, 4) is 5.75 Å². The number of benzene rings is 1. The van der Waals surface area contributed by atoms with Crippen LogP contribution in [-0.4, -0.2) is 31.1 Å². The lowest BCUT2D eigenvalue weighted by Gasteiger charge is -2.14. The Hall–Kier alpha value is -2.60. The number of hydrogen-bond acceptors (Lipinski definition) is 4. The average Bonchev–Trinajstić information content (AvgIpc) is 2.53. The smallest absolute Gasteiger partial charge is 0.414 e. The maximum absolute atomic E-state index is 11.7. The summed E-state index contributed by atoms with van der Waals surface area (Å²) in [5.74, 6) is -0.0404. The van der Waals surface area contributed by atoms with E-state index < -0.39 is 18.3 Å². The van der Waals surface area contributed by atoms with Crippen LogP contribution in [0.4, 0.5) is 4.79 Å². The first-order chi connectivity index (χ1) is 11.0. The fourth-order valence-corrected chi connectivity index (χ4v) is 1.94. The molecule has 0 aliphatic rings. The maximum Gasteiger partial charge on any atom is 0.414 e. The van der Waals surface area contributed by atoms with E-state index in [9.17, 15) is 9.59 Å². The predicted octanol–water partition coefficient (Wildman–Crippen LogP) is -0.851. The third-order valence-corrected chi connectivity index (χ3v) is 3.00. The number of halogens is 1. The van der Waals surface area contributed by atoms with Gasteiger partial charge in [-0.25, -0.2) is 4.79 Å². The number of nitrogens with zero attached hydrogens (tertiary/aromatic N) is 2. The molecule has 6 nitrogen and oxygen atoms in total. The molecule has 0 saturated carbocycles. The zero-order valence-corrected chi connectivity index (χ0v) is 14.4. The highest BCUT2D eigenvalue weighted by Gasteiger charge is 2.25. The third-order valence-electron chi connectivity index (χ3n) is 3.00. The van der Waals surface area contributed by atoms with Gasteiger partial charge in [0.2, 0.25) is 6.20 Å². The molecule has 1 aromatic carbocycles. The largest absolute Gasteiger partial charge is 1.00 e.